The predicted octanol–water partition coefficient (Wildman–Crippen LogP) is 3.07. The van der Waals surface area contributed by atoms with Crippen molar-refractivity contribution in [2.45, 2.75) is 25.5 Å². The molecule has 2 aliphatic rings. The number of carbonyl (C=O) groups is 1. The molecule has 1 atom stereocenters. The zero-order valence-corrected chi connectivity index (χ0v) is 19.1. The molecular formula is C23H22FN9O2. The Labute approximate surface area is 200 Å². The molecule has 0 aromatic carbocycles. The fourth-order valence-corrected chi connectivity index (χ4v) is 4.21. The lowest BCUT2D eigenvalue weighted by molar-refractivity contribution is 0.0257. The van der Waals surface area contributed by atoms with Crippen molar-refractivity contribution in [1.82, 2.24) is 29.7 Å². The molecule has 0 bridgehead atoms. The number of anilines is 1. The average molecular weight is 475 g/mol. The first kappa shape index (κ1) is 22.3. The summed E-state index contributed by atoms with van der Waals surface area (Å²) in [4.78, 5) is 26.3. The number of hydrogen-bond acceptors (Lipinski definition) is 7. The highest BCUT2D eigenvalue weighted by molar-refractivity contribution is 5.79. The lowest BCUT2D eigenvalue weighted by atomic mass is 10.1. The van der Waals surface area contributed by atoms with Crippen molar-refractivity contribution in [1.29, 1.82) is 0 Å². The molecule has 3 aromatic rings. The monoisotopic (exact) mass is 475 g/mol. The van der Waals surface area contributed by atoms with Gasteiger partial charge in [0.25, 0.3) is 0 Å². The van der Waals surface area contributed by atoms with Crippen molar-refractivity contribution in [3.63, 3.8) is 0 Å². The van der Waals surface area contributed by atoms with E-state index in [2.05, 4.69) is 25.0 Å². The smallest absolute Gasteiger partial charge is 0.341 e. The number of hydrogen-bond donors (Lipinski definition) is 1. The Bertz CT molecular complexity index is 1370. The number of amides is 2. The van der Waals surface area contributed by atoms with Crippen molar-refractivity contribution < 1.29 is 13.9 Å². The molecule has 11 nitrogen and oxygen atoms in total. The number of aromatic nitrogens is 4. The molecule has 178 valence electrons. The van der Waals surface area contributed by atoms with Gasteiger partial charge in [0.15, 0.2) is 11.6 Å². The van der Waals surface area contributed by atoms with Gasteiger partial charge in [-0.05, 0) is 18.6 Å². The molecule has 0 spiro atoms. The maximum Gasteiger partial charge on any atom is 0.341 e. The number of aryl methyl sites for hydroxylation is 1. The fraction of sp³-hybridized carbons (Fsp3) is 0.304. The molecule has 1 saturated heterocycles. The highest BCUT2D eigenvalue weighted by Crippen LogP contribution is 2.33. The number of carbonyl (C=O) groups excluding carboxylic acids is 1. The van der Waals surface area contributed by atoms with E-state index < -0.39 is 5.82 Å². The molecular weight excluding hydrogens is 453 g/mol. The average Bonchev–Trinajstić information content (AvgIpc) is 3.41. The van der Waals surface area contributed by atoms with Gasteiger partial charge >= 0.3 is 6.03 Å². The third-order valence-corrected chi connectivity index (χ3v) is 6.08. The summed E-state index contributed by atoms with van der Waals surface area (Å²) in [5, 5.41) is 9.79. The van der Waals surface area contributed by atoms with Crippen LogP contribution in [0.3, 0.4) is 0 Å². The van der Waals surface area contributed by atoms with Crippen LogP contribution in [0.2, 0.25) is 0 Å². The van der Waals surface area contributed by atoms with Gasteiger partial charge in [-0.2, -0.15) is 10.2 Å². The third kappa shape index (κ3) is 4.01. The molecule has 2 N–H and O–H groups in total. The second-order valence-corrected chi connectivity index (χ2v) is 8.39. The summed E-state index contributed by atoms with van der Waals surface area (Å²) >= 11 is 0. The van der Waals surface area contributed by atoms with Gasteiger partial charge in [-0.15, -0.1) is 0 Å². The van der Waals surface area contributed by atoms with Gasteiger partial charge in [-0.3, -0.25) is 14.6 Å². The largest absolute Gasteiger partial charge is 0.483 e. The number of rotatable bonds is 4. The van der Waals surface area contributed by atoms with Gasteiger partial charge in [0, 0.05) is 43.7 Å². The van der Waals surface area contributed by atoms with E-state index in [9.17, 15) is 9.18 Å². The molecule has 12 heteroatoms. The van der Waals surface area contributed by atoms with Crippen molar-refractivity contribution in [3.8, 4) is 17.1 Å². The summed E-state index contributed by atoms with van der Waals surface area (Å²) in [6, 6.07) is 2.62. The number of likely N-dealkylation sites (tertiary alicyclic amines) is 1. The van der Waals surface area contributed by atoms with E-state index in [1.807, 2.05) is 6.92 Å². The lowest BCUT2D eigenvalue weighted by Crippen LogP contribution is -2.58. The van der Waals surface area contributed by atoms with Crippen LogP contribution in [0.5, 0.6) is 5.75 Å². The first-order valence-electron chi connectivity index (χ1n) is 10.9. The number of nitrogens with two attached hydrogens (primary N) is 1. The van der Waals surface area contributed by atoms with Crippen LogP contribution in [0, 0.1) is 19.3 Å². The second-order valence-electron chi connectivity index (χ2n) is 8.39. The molecule has 3 aromatic heterocycles. The lowest BCUT2D eigenvalue weighted by Gasteiger charge is -2.41. The molecule has 5 rings (SSSR count). The molecule has 35 heavy (non-hydrogen) atoms. The maximum atomic E-state index is 14.4. The Morgan fingerprint density at radius 1 is 1.29 bits per heavy atom. The summed E-state index contributed by atoms with van der Waals surface area (Å²) in [5.74, 6) is -0.170. The van der Waals surface area contributed by atoms with Gasteiger partial charge < -0.3 is 15.4 Å². The summed E-state index contributed by atoms with van der Waals surface area (Å²) in [7, 11) is 1.74. The molecule has 0 radical (unpaired) electrons. The van der Waals surface area contributed by atoms with Gasteiger partial charge in [-0.1, -0.05) is 0 Å². The minimum atomic E-state index is -0.595. The van der Waals surface area contributed by atoms with Gasteiger partial charge in [0.2, 0.25) is 5.69 Å². The van der Waals surface area contributed by atoms with Crippen molar-refractivity contribution in [2.24, 2.45) is 12.1 Å². The Morgan fingerprint density at radius 3 is 2.80 bits per heavy atom. The summed E-state index contributed by atoms with van der Waals surface area (Å²) in [5.41, 5.74) is 8.94. The number of urea groups is 1. The standard InChI is InChI=1S/C23H22FN9O2/c1-13-21(31(3)30-22(13)25)18-7-20(17(24)10-28-18)35-16-11-32(12-16)23(34)33-19(4-5-29-33)14-6-15(26-2)9-27-8-14/h5-10,16,19H,4,11-12H2,1,3H3,(H2,25,30)/t19-/m0/s1. The van der Waals surface area contributed by atoms with E-state index in [-0.39, 0.29) is 37.0 Å². The summed E-state index contributed by atoms with van der Waals surface area (Å²) < 4.78 is 21.9. The molecule has 0 unspecified atom stereocenters. The zero-order valence-electron chi connectivity index (χ0n) is 19.1. The molecule has 1 fully saturated rings. The van der Waals surface area contributed by atoms with E-state index in [1.165, 1.54) is 17.3 Å². The number of hydrazone groups is 1. The van der Waals surface area contributed by atoms with Gasteiger partial charge in [0.1, 0.15) is 11.9 Å². The second kappa shape index (κ2) is 8.68. The van der Waals surface area contributed by atoms with Gasteiger partial charge in [0.05, 0.1) is 43.3 Å². The van der Waals surface area contributed by atoms with Crippen LogP contribution in [0.25, 0.3) is 16.2 Å². The Balaban J connectivity index is 1.25. The van der Waals surface area contributed by atoms with E-state index in [0.29, 0.717) is 29.3 Å². The highest BCUT2D eigenvalue weighted by Gasteiger charge is 2.39. The number of halogens is 1. The van der Waals surface area contributed by atoms with E-state index >= 15 is 0 Å². The predicted molar refractivity (Wildman–Crippen MR) is 125 cm³/mol. The van der Waals surface area contributed by atoms with Crippen LogP contribution >= 0.6 is 0 Å². The van der Waals surface area contributed by atoms with Crippen molar-refractivity contribution in [2.75, 3.05) is 18.8 Å². The molecule has 2 aliphatic heterocycles. The number of nitrogen functional groups attached to an aromatic ring is 1. The fourth-order valence-electron chi connectivity index (χ4n) is 4.21. The minimum absolute atomic E-state index is 0.0466. The molecule has 0 saturated carbocycles. The topological polar surface area (TPSA) is 119 Å². The normalized spacial score (nSPS) is 17.4. The highest BCUT2D eigenvalue weighted by atomic mass is 19.1. The summed E-state index contributed by atoms with van der Waals surface area (Å²) in [6.07, 6.45) is 6.04. The Kier molecular flexibility index (Phi) is 5.52. The van der Waals surface area contributed by atoms with Crippen LogP contribution in [-0.4, -0.2) is 61.1 Å². The first-order valence-corrected chi connectivity index (χ1v) is 10.9. The van der Waals surface area contributed by atoms with Crippen LogP contribution in [-0.2, 0) is 7.05 Å². The van der Waals surface area contributed by atoms with Crippen molar-refractivity contribution in [3.05, 3.63) is 59.1 Å². The molecule has 2 amide bonds. The zero-order chi connectivity index (χ0) is 24.7. The first-order chi connectivity index (χ1) is 16.9. The Hall–Kier alpha value is -4.53. The number of nitrogens with zero attached hydrogens (tertiary/aromatic N) is 8. The third-order valence-electron chi connectivity index (χ3n) is 6.08. The SMILES string of the molecule is [C-]#[N+]c1cncc([C@@H]2CC=NN2C(=O)N2CC(Oc3cc(-c4c(C)c(N)nn4C)ncc3F)C2)c1. The van der Waals surface area contributed by atoms with Crippen LogP contribution in [0.1, 0.15) is 23.6 Å². The number of pyridine rings is 2. The van der Waals surface area contributed by atoms with E-state index in [1.54, 1.807) is 35.1 Å². The van der Waals surface area contributed by atoms with E-state index in [4.69, 9.17) is 17.0 Å². The molecule has 5 heterocycles. The minimum Gasteiger partial charge on any atom is -0.483 e. The quantitative estimate of drug-likeness (QED) is 0.579. The van der Waals surface area contributed by atoms with Crippen LogP contribution in [0.4, 0.5) is 20.7 Å². The maximum absolute atomic E-state index is 14.4. The van der Waals surface area contributed by atoms with E-state index in [0.717, 1.165) is 17.3 Å². The Morgan fingerprint density at radius 2 is 2.09 bits per heavy atom. The van der Waals surface area contributed by atoms with Crippen molar-refractivity contribution >= 4 is 23.8 Å². The number of ether oxygens (including phenoxy) is 1. The van der Waals surface area contributed by atoms with Gasteiger partial charge in [-0.25, -0.2) is 19.0 Å². The van der Waals surface area contributed by atoms with Crippen LogP contribution < -0.4 is 10.5 Å². The summed E-state index contributed by atoms with van der Waals surface area (Å²) in [6.45, 7) is 9.57. The molecule has 0 aliphatic carbocycles. The van der Waals surface area contributed by atoms with Crippen LogP contribution in [0.15, 0.2) is 35.8 Å².